The van der Waals surface area contributed by atoms with Gasteiger partial charge in [0.25, 0.3) is 11.8 Å². The molecule has 1 atom stereocenters. The van der Waals surface area contributed by atoms with Crippen LogP contribution >= 0.6 is 11.3 Å². The lowest BCUT2D eigenvalue weighted by Crippen LogP contribution is -2.27. The van der Waals surface area contributed by atoms with Gasteiger partial charge in [0.1, 0.15) is 11.1 Å². The summed E-state index contributed by atoms with van der Waals surface area (Å²) >= 11 is 1.37. The van der Waals surface area contributed by atoms with E-state index in [4.69, 9.17) is 10.5 Å². The highest BCUT2D eigenvalue weighted by molar-refractivity contribution is 7.17. The number of primary amides is 1. The molecule has 25 heavy (non-hydrogen) atoms. The van der Waals surface area contributed by atoms with Gasteiger partial charge in [-0.05, 0) is 50.3 Å². The molecule has 0 radical (unpaired) electrons. The van der Waals surface area contributed by atoms with E-state index in [1.807, 2.05) is 39.0 Å². The quantitative estimate of drug-likeness (QED) is 0.877. The zero-order valence-corrected chi connectivity index (χ0v) is 15.5. The van der Waals surface area contributed by atoms with Crippen LogP contribution in [0.25, 0.3) is 11.1 Å². The summed E-state index contributed by atoms with van der Waals surface area (Å²) in [6.07, 6.45) is 1.12. The van der Waals surface area contributed by atoms with Crippen molar-refractivity contribution in [1.29, 1.82) is 0 Å². The van der Waals surface area contributed by atoms with Gasteiger partial charge in [0.15, 0.2) is 0 Å². The summed E-state index contributed by atoms with van der Waals surface area (Å²) < 4.78 is 5.41. The van der Waals surface area contributed by atoms with Gasteiger partial charge in [0, 0.05) is 17.0 Å². The lowest BCUT2D eigenvalue weighted by molar-refractivity contribution is -0.124. The van der Waals surface area contributed by atoms with E-state index in [9.17, 15) is 9.59 Å². The molecule has 1 fully saturated rings. The van der Waals surface area contributed by atoms with Gasteiger partial charge in [-0.15, -0.1) is 11.3 Å². The van der Waals surface area contributed by atoms with Gasteiger partial charge in [0.2, 0.25) is 0 Å². The van der Waals surface area contributed by atoms with E-state index in [1.54, 1.807) is 0 Å². The Balaban J connectivity index is 2.01. The van der Waals surface area contributed by atoms with Crippen molar-refractivity contribution in [2.75, 3.05) is 11.9 Å². The minimum atomic E-state index is -0.541. The number of hydrogen-bond donors (Lipinski definition) is 2. The molecule has 1 saturated heterocycles. The van der Waals surface area contributed by atoms with Crippen LogP contribution in [0.4, 0.5) is 5.00 Å². The number of ether oxygens (including phenoxy) is 1. The topological polar surface area (TPSA) is 81.4 Å². The molecule has 0 saturated carbocycles. The molecule has 1 aromatic carbocycles. The van der Waals surface area contributed by atoms with Gasteiger partial charge < -0.3 is 15.8 Å². The number of anilines is 1. The maximum Gasteiger partial charge on any atom is 0.254 e. The number of nitrogens with one attached hydrogen (secondary N) is 1. The van der Waals surface area contributed by atoms with E-state index < -0.39 is 12.0 Å². The number of hydrogen-bond acceptors (Lipinski definition) is 4. The van der Waals surface area contributed by atoms with Crippen LogP contribution in [0.1, 0.15) is 39.2 Å². The molecule has 6 heteroatoms. The molecule has 0 spiro atoms. The fourth-order valence-corrected chi connectivity index (χ4v) is 4.17. The van der Waals surface area contributed by atoms with Crippen LogP contribution in [-0.2, 0) is 9.53 Å². The molecule has 0 aliphatic carbocycles. The van der Waals surface area contributed by atoms with Gasteiger partial charge in [-0.25, -0.2) is 0 Å². The van der Waals surface area contributed by atoms with Gasteiger partial charge in [-0.3, -0.25) is 9.59 Å². The van der Waals surface area contributed by atoms with E-state index in [-0.39, 0.29) is 5.91 Å². The van der Waals surface area contributed by atoms with Crippen LogP contribution in [0.5, 0.6) is 0 Å². The Morgan fingerprint density at radius 1 is 1.24 bits per heavy atom. The number of aryl methyl sites for hydroxylation is 3. The zero-order valence-electron chi connectivity index (χ0n) is 14.6. The highest BCUT2D eigenvalue weighted by Crippen LogP contribution is 2.40. The maximum absolute atomic E-state index is 12.4. The number of thiophene rings is 1. The first kappa shape index (κ1) is 17.6. The van der Waals surface area contributed by atoms with Gasteiger partial charge in [0.05, 0.1) is 5.56 Å². The van der Waals surface area contributed by atoms with Crippen molar-refractivity contribution in [3.63, 3.8) is 0 Å². The van der Waals surface area contributed by atoms with Crippen molar-refractivity contribution in [2.45, 2.75) is 39.7 Å². The van der Waals surface area contributed by atoms with Crippen molar-refractivity contribution in [1.82, 2.24) is 0 Å². The second-order valence-corrected chi connectivity index (χ2v) is 7.62. The highest BCUT2D eigenvalue weighted by atomic mass is 32.1. The molecule has 2 heterocycles. The number of benzene rings is 1. The first-order valence-electron chi connectivity index (χ1n) is 8.31. The molecule has 1 aliphatic rings. The molecule has 2 amide bonds. The Kier molecular flexibility index (Phi) is 4.92. The summed E-state index contributed by atoms with van der Waals surface area (Å²) in [7, 11) is 0. The van der Waals surface area contributed by atoms with Crippen molar-refractivity contribution >= 4 is 28.2 Å². The summed E-state index contributed by atoms with van der Waals surface area (Å²) in [6, 6.07) is 6.05. The summed E-state index contributed by atoms with van der Waals surface area (Å²) in [4.78, 5) is 25.4. The smallest absolute Gasteiger partial charge is 0.254 e. The Morgan fingerprint density at radius 2 is 2.00 bits per heavy atom. The molecule has 2 aromatic rings. The summed E-state index contributed by atoms with van der Waals surface area (Å²) in [5, 5.41) is 3.34. The largest absolute Gasteiger partial charge is 0.368 e. The number of carbonyl (C=O) groups excluding carboxylic acids is 2. The molecule has 132 valence electrons. The molecule has 5 nitrogen and oxygen atoms in total. The normalized spacial score (nSPS) is 16.8. The van der Waals surface area contributed by atoms with E-state index in [1.165, 1.54) is 16.9 Å². The first-order chi connectivity index (χ1) is 11.9. The Bertz CT molecular complexity index is 835. The van der Waals surface area contributed by atoms with Crippen LogP contribution < -0.4 is 11.1 Å². The molecular weight excluding hydrogens is 336 g/mol. The fourth-order valence-electron chi connectivity index (χ4n) is 3.09. The molecule has 1 aromatic heterocycles. The van der Waals surface area contributed by atoms with E-state index in [2.05, 4.69) is 5.32 Å². The predicted octanol–water partition coefficient (Wildman–Crippen LogP) is 3.56. The molecule has 1 aliphatic heterocycles. The second-order valence-electron chi connectivity index (χ2n) is 6.39. The minimum Gasteiger partial charge on any atom is -0.368 e. The Hall–Kier alpha value is -2.18. The Morgan fingerprint density at radius 3 is 2.60 bits per heavy atom. The monoisotopic (exact) mass is 358 g/mol. The lowest BCUT2D eigenvalue weighted by Gasteiger charge is -2.11. The molecule has 3 rings (SSSR count). The third kappa shape index (κ3) is 3.45. The molecule has 1 unspecified atom stereocenters. The van der Waals surface area contributed by atoms with Crippen LogP contribution in [0.2, 0.25) is 0 Å². The minimum absolute atomic E-state index is 0.215. The van der Waals surface area contributed by atoms with Crippen LogP contribution in [0.15, 0.2) is 18.2 Å². The van der Waals surface area contributed by atoms with Crippen molar-refractivity contribution < 1.29 is 14.3 Å². The van der Waals surface area contributed by atoms with E-state index >= 15 is 0 Å². The predicted molar refractivity (Wildman–Crippen MR) is 100 cm³/mol. The van der Waals surface area contributed by atoms with E-state index in [0.717, 1.165) is 28.0 Å². The van der Waals surface area contributed by atoms with Gasteiger partial charge >= 0.3 is 0 Å². The average molecular weight is 358 g/mol. The average Bonchev–Trinajstić information content (AvgIpc) is 3.18. The zero-order chi connectivity index (χ0) is 18.1. The molecule has 3 N–H and O–H groups in total. The number of amides is 2. The van der Waals surface area contributed by atoms with Gasteiger partial charge in [-0.1, -0.05) is 18.2 Å². The van der Waals surface area contributed by atoms with E-state index in [0.29, 0.717) is 23.6 Å². The third-order valence-electron chi connectivity index (χ3n) is 4.59. The lowest BCUT2D eigenvalue weighted by atomic mass is 9.97. The third-order valence-corrected chi connectivity index (χ3v) is 5.61. The number of carbonyl (C=O) groups is 2. The maximum atomic E-state index is 12.4. The van der Waals surface area contributed by atoms with Crippen LogP contribution in [-0.4, -0.2) is 24.5 Å². The Labute approximate surface area is 151 Å². The van der Waals surface area contributed by atoms with Crippen molar-refractivity contribution in [3.05, 3.63) is 39.8 Å². The first-order valence-corrected chi connectivity index (χ1v) is 9.13. The summed E-state index contributed by atoms with van der Waals surface area (Å²) in [5.74, 6) is -0.756. The van der Waals surface area contributed by atoms with Crippen LogP contribution in [0, 0.1) is 20.8 Å². The van der Waals surface area contributed by atoms with Crippen LogP contribution in [0.3, 0.4) is 0 Å². The SMILES string of the molecule is Cc1ccc(-c2c(C)sc(NC(=O)C3CCCO3)c2C(N)=O)cc1C. The molecule has 0 bridgehead atoms. The van der Waals surface area contributed by atoms with Gasteiger partial charge in [-0.2, -0.15) is 0 Å². The summed E-state index contributed by atoms with van der Waals surface area (Å²) in [5.41, 5.74) is 10.1. The molecular formula is C19H22N2O3S. The standard InChI is InChI=1S/C19H22N2O3S/c1-10-6-7-13(9-11(10)2)15-12(3)25-19(16(15)17(20)22)21-18(23)14-5-4-8-24-14/h6-7,9,14H,4-5,8H2,1-3H3,(H2,20,22)(H,21,23). The van der Waals surface area contributed by atoms with Crippen molar-refractivity contribution in [2.24, 2.45) is 5.73 Å². The second kappa shape index (κ2) is 6.98. The van der Waals surface area contributed by atoms with Crippen molar-refractivity contribution in [3.8, 4) is 11.1 Å². The fraction of sp³-hybridized carbons (Fsp3) is 0.368. The number of rotatable bonds is 4. The highest BCUT2D eigenvalue weighted by Gasteiger charge is 2.27. The number of nitrogens with two attached hydrogens (primary N) is 1. The summed E-state index contributed by atoms with van der Waals surface area (Å²) in [6.45, 7) is 6.61.